The van der Waals surface area contributed by atoms with E-state index in [1.165, 1.54) is 0 Å². The number of aryl methyl sites for hydroxylation is 2. The first kappa shape index (κ1) is 21.0. The standard InChI is InChI=1S/C23H25N3O4/c1-16-8-9-17(2)26(16)25-23(28)18-10-12-20(13-11-18)30-15-22(27)24-14-19-6-4-5-7-21(19)29-3/h4-13H,14-15H2,1-3H3,(H,24,27)(H,25,28). The van der Waals surface area contributed by atoms with Crippen LogP contribution in [0.1, 0.15) is 27.3 Å². The molecule has 156 valence electrons. The average Bonchev–Trinajstić information content (AvgIpc) is 3.08. The van der Waals surface area contributed by atoms with E-state index in [1.54, 1.807) is 36.1 Å². The molecular weight excluding hydrogens is 382 g/mol. The molecule has 0 aliphatic rings. The highest BCUT2D eigenvalue weighted by Gasteiger charge is 2.10. The molecule has 0 saturated carbocycles. The van der Waals surface area contributed by atoms with Gasteiger partial charge in [-0.3, -0.25) is 19.7 Å². The largest absolute Gasteiger partial charge is 0.496 e. The van der Waals surface area contributed by atoms with Gasteiger partial charge in [0.1, 0.15) is 11.5 Å². The molecule has 0 aliphatic heterocycles. The van der Waals surface area contributed by atoms with Crippen LogP contribution < -0.4 is 20.2 Å². The molecule has 7 heteroatoms. The molecule has 0 fully saturated rings. The topological polar surface area (TPSA) is 81.6 Å². The third kappa shape index (κ3) is 5.20. The summed E-state index contributed by atoms with van der Waals surface area (Å²) in [6, 6.07) is 18.0. The van der Waals surface area contributed by atoms with Crippen LogP contribution in [-0.4, -0.2) is 30.2 Å². The van der Waals surface area contributed by atoms with Crippen molar-refractivity contribution in [1.82, 2.24) is 9.99 Å². The number of hydrogen-bond donors (Lipinski definition) is 2. The third-order valence-corrected chi connectivity index (χ3v) is 4.64. The normalized spacial score (nSPS) is 10.4. The Kier molecular flexibility index (Phi) is 6.75. The van der Waals surface area contributed by atoms with Crippen LogP contribution in [0.2, 0.25) is 0 Å². The van der Waals surface area contributed by atoms with E-state index in [1.807, 2.05) is 50.2 Å². The maximum absolute atomic E-state index is 12.4. The van der Waals surface area contributed by atoms with Gasteiger partial charge in [-0.15, -0.1) is 0 Å². The van der Waals surface area contributed by atoms with Gasteiger partial charge < -0.3 is 14.8 Å². The highest BCUT2D eigenvalue weighted by molar-refractivity contribution is 6.00. The molecule has 3 rings (SSSR count). The van der Waals surface area contributed by atoms with Crippen molar-refractivity contribution in [2.24, 2.45) is 0 Å². The molecule has 0 bridgehead atoms. The molecule has 0 saturated heterocycles. The number of ether oxygens (including phenoxy) is 2. The molecule has 0 radical (unpaired) electrons. The number of nitrogens with one attached hydrogen (secondary N) is 2. The molecule has 2 amide bonds. The number of rotatable bonds is 8. The van der Waals surface area contributed by atoms with Gasteiger partial charge in [-0.1, -0.05) is 18.2 Å². The Hall–Kier alpha value is -3.74. The van der Waals surface area contributed by atoms with E-state index in [2.05, 4.69) is 10.7 Å². The highest BCUT2D eigenvalue weighted by Crippen LogP contribution is 2.17. The second kappa shape index (κ2) is 9.65. The van der Waals surface area contributed by atoms with E-state index in [9.17, 15) is 9.59 Å². The Balaban J connectivity index is 1.49. The van der Waals surface area contributed by atoms with Crippen LogP contribution in [0, 0.1) is 13.8 Å². The van der Waals surface area contributed by atoms with E-state index in [0.717, 1.165) is 22.7 Å². The number of amides is 2. The van der Waals surface area contributed by atoms with Crippen LogP contribution in [0.4, 0.5) is 0 Å². The van der Waals surface area contributed by atoms with E-state index in [0.29, 0.717) is 17.9 Å². The smallest absolute Gasteiger partial charge is 0.270 e. The average molecular weight is 407 g/mol. The predicted molar refractivity (Wildman–Crippen MR) is 114 cm³/mol. The van der Waals surface area contributed by atoms with Crippen LogP contribution in [-0.2, 0) is 11.3 Å². The quantitative estimate of drug-likeness (QED) is 0.601. The minimum Gasteiger partial charge on any atom is -0.496 e. The predicted octanol–water partition coefficient (Wildman–Crippen LogP) is 3.19. The zero-order chi connectivity index (χ0) is 21.5. The first-order valence-corrected chi connectivity index (χ1v) is 9.55. The number of nitrogens with zero attached hydrogens (tertiary/aromatic N) is 1. The van der Waals surface area contributed by atoms with Crippen LogP contribution in [0.3, 0.4) is 0 Å². The summed E-state index contributed by atoms with van der Waals surface area (Å²) in [7, 11) is 1.59. The lowest BCUT2D eigenvalue weighted by atomic mass is 10.2. The summed E-state index contributed by atoms with van der Waals surface area (Å²) >= 11 is 0. The molecule has 3 aromatic rings. The lowest BCUT2D eigenvalue weighted by Crippen LogP contribution is -2.28. The number of carbonyl (C=O) groups excluding carboxylic acids is 2. The van der Waals surface area contributed by atoms with Crippen molar-refractivity contribution in [3.05, 3.63) is 83.2 Å². The number of hydrogen-bond acceptors (Lipinski definition) is 4. The van der Waals surface area contributed by atoms with Crippen molar-refractivity contribution in [3.63, 3.8) is 0 Å². The number of aromatic nitrogens is 1. The van der Waals surface area contributed by atoms with E-state index in [-0.39, 0.29) is 18.4 Å². The molecule has 1 aromatic heterocycles. The number of carbonyl (C=O) groups is 2. The minimum atomic E-state index is -0.249. The molecule has 2 N–H and O–H groups in total. The Morgan fingerprint density at radius 3 is 2.27 bits per heavy atom. The van der Waals surface area contributed by atoms with Gasteiger partial charge in [0.05, 0.1) is 7.11 Å². The fourth-order valence-electron chi connectivity index (χ4n) is 2.96. The van der Waals surface area contributed by atoms with Crippen molar-refractivity contribution in [3.8, 4) is 11.5 Å². The van der Waals surface area contributed by atoms with Gasteiger partial charge in [0.15, 0.2) is 6.61 Å². The summed E-state index contributed by atoms with van der Waals surface area (Å²) in [5.74, 6) is 0.755. The summed E-state index contributed by atoms with van der Waals surface area (Å²) < 4.78 is 12.5. The summed E-state index contributed by atoms with van der Waals surface area (Å²) in [5, 5.41) is 2.80. The molecule has 0 atom stereocenters. The van der Waals surface area contributed by atoms with Gasteiger partial charge in [0, 0.05) is 29.1 Å². The lowest BCUT2D eigenvalue weighted by molar-refractivity contribution is -0.123. The van der Waals surface area contributed by atoms with Gasteiger partial charge in [0.25, 0.3) is 11.8 Å². The highest BCUT2D eigenvalue weighted by atomic mass is 16.5. The second-order valence-corrected chi connectivity index (χ2v) is 6.79. The number of methoxy groups -OCH3 is 1. The monoisotopic (exact) mass is 407 g/mol. The Morgan fingerprint density at radius 1 is 0.933 bits per heavy atom. The lowest BCUT2D eigenvalue weighted by Gasteiger charge is -2.12. The maximum atomic E-state index is 12.4. The molecule has 7 nitrogen and oxygen atoms in total. The second-order valence-electron chi connectivity index (χ2n) is 6.79. The molecule has 0 aliphatic carbocycles. The van der Waals surface area contributed by atoms with E-state index in [4.69, 9.17) is 9.47 Å². The van der Waals surface area contributed by atoms with Crippen molar-refractivity contribution < 1.29 is 19.1 Å². The SMILES string of the molecule is COc1ccccc1CNC(=O)COc1ccc(C(=O)Nn2c(C)ccc2C)cc1. The Morgan fingerprint density at radius 2 is 1.60 bits per heavy atom. The third-order valence-electron chi connectivity index (χ3n) is 4.64. The maximum Gasteiger partial charge on any atom is 0.270 e. The van der Waals surface area contributed by atoms with Gasteiger partial charge in [-0.05, 0) is 56.3 Å². The van der Waals surface area contributed by atoms with Gasteiger partial charge in [-0.25, -0.2) is 0 Å². The molecule has 0 spiro atoms. The van der Waals surface area contributed by atoms with Crippen molar-refractivity contribution in [2.45, 2.75) is 20.4 Å². The van der Waals surface area contributed by atoms with Crippen LogP contribution in [0.15, 0.2) is 60.7 Å². The van der Waals surface area contributed by atoms with E-state index >= 15 is 0 Å². The first-order valence-electron chi connectivity index (χ1n) is 9.55. The van der Waals surface area contributed by atoms with Crippen LogP contribution in [0.25, 0.3) is 0 Å². The fourth-order valence-corrected chi connectivity index (χ4v) is 2.96. The minimum absolute atomic E-state index is 0.123. The summed E-state index contributed by atoms with van der Waals surface area (Å²) in [4.78, 5) is 24.5. The van der Waals surface area contributed by atoms with Crippen molar-refractivity contribution in [1.29, 1.82) is 0 Å². The molecule has 1 heterocycles. The number of benzene rings is 2. The summed E-state index contributed by atoms with van der Waals surface area (Å²) in [6.07, 6.45) is 0. The number of para-hydroxylation sites is 1. The van der Waals surface area contributed by atoms with E-state index < -0.39 is 0 Å². The van der Waals surface area contributed by atoms with Gasteiger partial charge >= 0.3 is 0 Å². The Bertz CT molecular complexity index is 1010. The van der Waals surface area contributed by atoms with Crippen molar-refractivity contribution >= 4 is 11.8 Å². The van der Waals surface area contributed by atoms with Crippen LogP contribution >= 0.6 is 0 Å². The van der Waals surface area contributed by atoms with Crippen molar-refractivity contribution in [2.75, 3.05) is 19.1 Å². The first-order chi connectivity index (χ1) is 14.5. The molecular formula is C23H25N3O4. The molecule has 0 unspecified atom stereocenters. The van der Waals surface area contributed by atoms with Gasteiger partial charge in [0.2, 0.25) is 0 Å². The zero-order valence-corrected chi connectivity index (χ0v) is 17.3. The summed E-state index contributed by atoms with van der Waals surface area (Å²) in [6.45, 7) is 4.07. The molecule has 2 aromatic carbocycles. The summed E-state index contributed by atoms with van der Waals surface area (Å²) in [5.41, 5.74) is 6.12. The zero-order valence-electron chi connectivity index (χ0n) is 17.3. The van der Waals surface area contributed by atoms with Gasteiger partial charge in [-0.2, -0.15) is 0 Å². The van der Waals surface area contributed by atoms with Crippen LogP contribution in [0.5, 0.6) is 11.5 Å². The Labute approximate surface area is 175 Å². The molecule has 30 heavy (non-hydrogen) atoms. The fraction of sp³-hybridized carbons (Fsp3) is 0.217.